The van der Waals surface area contributed by atoms with Crippen LogP contribution in [0.3, 0.4) is 0 Å². The Labute approximate surface area is 191 Å². The number of hydrogen-bond acceptors (Lipinski definition) is 7. The first-order valence-electron chi connectivity index (χ1n) is 10.7. The summed E-state index contributed by atoms with van der Waals surface area (Å²) in [5, 5.41) is 24.4. The molecular weight excluding hydrogens is 422 g/mol. The zero-order chi connectivity index (χ0) is 24.1. The van der Waals surface area contributed by atoms with Crippen LogP contribution in [0, 0.1) is 6.92 Å². The molecule has 2 aromatic rings. The number of phenols is 2. The predicted molar refractivity (Wildman–Crippen MR) is 121 cm³/mol. The van der Waals surface area contributed by atoms with Gasteiger partial charge in [0.1, 0.15) is 34.0 Å². The highest BCUT2D eigenvalue weighted by Crippen LogP contribution is 2.57. The molecule has 7 nitrogen and oxygen atoms in total. The van der Waals surface area contributed by atoms with Crippen LogP contribution in [-0.4, -0.2) is 34.1 Å². The zero-order valence-electron chi connectivity index (χ0n) is 18.9. The number of ketones is 3. The molecule has 170 valence electrons. The Morgan fingerprint density at radius 3 is 2.39 bits per heavy atom. The molecule has 33 heavy (non-hydrogen) atoms. The van der Waals surface area contributed by atoms with E-state index in [1.54, 1.807) is 13.8 Å². The second-order valence-corrected chi connectivity index (χ2v) is 8.55. The van der Waals surface area contributed by atoms with Crippen LogP contribution in [0.5, 0.6) is 17.2 Å². The van der Waals surface area contributed by atoms with Crippen LogP contribution in [0.15, 0.2) is 53.4 Å². The average Bonchev–Trinajstić information content (AvgIpc) is 3.06. The van der Waals surface area contributed by atoms with Gasteiger partial charge in [0, 0.05) is 23.9 Å². The van der Waals surface area contributed by atoms with Crippen molar-refractivity contribution in [1.29, 1.82) is 0 Å². The fourth-order valence-electron chi connectivity index (χ4n) is 4.49. The minimum atomic E-state index is -1.51. The summed E-state index contributed by atoms with van der Waals surface area (Å²) >= 11 is 0. The maximum absolute atomic E-state index is 13.7. The minimum Gasteiger partial charge on any atom is -0.507 e. The number of aromatic hydroxyl groups is 2. The highest BCUT2D eigenvalue weighted by molar-refractivity contribution is 6.31. The molecule has 0 radical (unpaired) electrons. The van der Waals surface area contributed by atoms with Gasteiger partial charge < -0.3 is 20.3 Å². The number of rotatable bonds is 5. The van der Waals surface area contributed by atoms with E-state index in [1.165, 1.54) is 19.9 Å². The summed E-state index contributed by atoms with van der Waals surface area (Å²) in [6.45, 7) is 6.45. The highest BCUT2D eigenvalue weighted by Gasteiger charge is 2.56. The summed E-state index contributed by atoms with van der Waals surface area (Å²) in [7, 11) is 0. The van der Waals surface area contributed by atoms with Gasteiger partial charge in [-0.25, -0.2) is 0 Å². The fourth-order valence-corrected chi connectivity index (χ4v) is 4.49. The molecule has 1 heterocycles. The molecule has 0 fully saturated rings. The number of phenolic OH excluding ortho intramolecular Hbond substituents is 2. The lowest BCUT2D eigenvalue weighted by molar-refractivity contribution is -0.123. The van der Waals surface area contributed by atoms with Gasteiger partial charge in [-0.2, -0.15) is 0 Å². The van der Waals surface area contributed by atoms with Crippen LogP contribution in [0.4, 0.5) is 0 Å². The molecular formula is C26H25NO6. The first kappa shape index (κ1) is 22.3. The third-order valence-corrected chi connectivity index (χ3v) is 6.41. The number of allylic oxidation sites excluding steroid dienone is 4. The summed E-state index contributed by atoms with van der Waals surface area (Å²) in [5.41, 5.74) is 0.0362. The van der Waals surface area contributed by atoms with Gasteiger partial charge >= 0.3 is 0 Å². The quantitative estimate of drug-likeness (QED) is 0.366. The van der Waals surface area contributed by atoms with Crippen molar-refractivity contribution in [3.8, 4) is 17.2 Å². The number of nitrogens with one attached hydrogen (secondary N) is 1. The molecule has 0 bridgehead atoms. The Balaban J connectivity index is 1.76. The van der Waals surface area contributed by atoms with Crippen LogP contribution >= 0.6 is 0 Å². The monoisotopic (exact) mass is 447 g/mol. The predicted octanol–water partition coefficient (Wildman–Crippen LogP) is 3.40. The molecule has 0 unspecified atom stereocenters. The Morgan fingerprint density at radius 1 is 1.09 bits per heavy atom. The molecule has 2 aliphatic rings. The van der Waals surface area contributed by atoms with Crippen LogP contribution in [-0.2, 0) is 21.4 Å². The molecule has 0 amide bonds. The summed E-state index contributed by atoms with van der Waals surface area (Å²) in [5.74, 6) is -2.35. The highest BCUT2D eigenvalue weighted by atomic mass is 16.5. The van der Waals surface area contributed by atoms with E-state index in [1.807, 2.05) is 30.3 Å². The molecule has 1 aliphatic heterocycles. The fraction of sp³-hybridized carbons (Fsp3) is 0.269. The van der Waals surface area contributed by atoms with E-state index in [0.717, 1.165) is 5.56 Å². The van der Waals surface area contributed by atoms with E-state index < -0.39 is 28.5 Å². The lowest BCUT2D eigenvalue weighted by Crippen LogP contribution is -2.41. The standard InChI is InChI=1S/C26H25NO6/c1-13-22(30)20(15(3)28)24-21(23(13)31)26(4)18(33-24)12-17(29)19(25(26)32)14(2)27-11-10-16-8-6-5-7-9-16/h5-9,12,27,30-31H,10-11H2,1-4H3/b19-14+/t26-/m1/s1. The molecule has 7 heteroatoms. The lowest BCUT2D eigenvalue weighted by atomic mass is 9.70. The van der Waals surface area contributed by atoms with Crippen molar-refractivity contribution in [2.45, 2.75) is 39.5 Å². The SMILES string of the molecule is CC(=O)c1c(O)c(C)c(O)c2c1OC1=CC(=O)/C(=C(/C)NCCc3ccccc3)C(=O)[C@]12C. The number of benzene rings is 2. The number of hydrogen-bond donors (Lipinski definition) is 3. The smallest absolute Gasteiger partial charge is 0.194 e. The van der Waals surface area contributed by atoms with Gasteiger partial charge in [0.05, 0.1) is 11.1 Å². The zero-order valence-corrected chi connectivity index (χ0v) is 18.9. The van der Waals surface area contributed by atoms with Crippen molar-refractivity contribution in [3.05, 3.63) is 75.7 Å². The van der Waals surface area contributed by atoms with E-state index in [2.05, 4.69) is 5.32 Å². The van der Waals surface area contributed by atoms with Crippen molar-refractivity contribution in [3.63, 3.8) is 0 Å². The van der Waals surface area contributed by atoms with Crippen molar-refractivity contribution in [1.82, 2.24) is 5.32 Å². The Morgan fingerprint density at radius 2 is 1.76 bits per heavy atom. The van der Waals surface area contributed by atoms with E-state index >= 15 is 0 Å². The van der Waals surface area contributed by atoms with E-state index in [4.69, 9.17) is 4.74 Å². The molecule has 0 spiro atoms. The van der Waals surface area contributed by atoms with Crippen molar-refractivity contribution in [2.75, 3.05) is 6.54 Å². The number of carbonyl (C=O) groups is 3. The van der Waals surface area contributed by atoms with Crippen molar-refractivity contribution < 1.29 is 29.3 Å². The van der Waals surface area contributed by atoms with Gasteiger partial charge in [-0.15, -0.1) is 0 Å². The second kappa shape index (κ2) is 7.92. The summed E-state index contributed by atoms with van der Waals surface area (Å²) < 4.78 is 5.77. The van der Waals surface area contributed by atoms with Gasteiger partial charge in [0.2, 0.25) is 0 Å². The summed E-state index contributed by atoms with van der Waals surface area (Å²) in [4.78, 5) is 38.8. The molecule has 0 saturated carbocycles. The minimum absolute atomic E-state index is 0.0242. The summed E-state index contributed by atoms with van der Waals surface area (Å²) in [6, 6.07) is 9.82. The van der Waals surface area contributed by atoms with E-state index in [0.29, 0.717) is 18.7 Å². The number of fused-ring (bicyclic) bond motifs is 3. The van der Waals surface area contributed by atoms with Crippen molar-refractivity contribution in [2.24, 2.45) is 0 Å². The molecule has 1 atom stereocenters. The first-order chi connectivity index (χ1) is 15.6. The van der Waals surface area contributed by atoms with Gasteiger partial charge in [0.25, 0.3) is 0 Å². The summed E-state index contributed by atoms with van der Waals surface area (Å²) in [6.07, 6.45) is 1.92. The maximum atomic E-state index is 13.7. The van der Waals surface area contributed by atoms with Crippen LogP contribution in [0.25, 0.3) is 0 Å². The van der Waals surface area contributed by atoms with Crippen molar-refractivity contribution >= 4 is 17.3 Å². The molecule has 2 aromatic carbocycles. The largest absolute Gasteiger partial charge is 0.507 e. The van der Waals surface area contributed by atoms with Gasteiger partial charge in [-0.1, -0.05) is 30.3 Å². The molecule has 1 aliphatic carbocycles. The van der Waals surface area contributed by atoms with Gasteiger partial charge in [0.15, 0.2) is 17.3 Å². The van der Waals surface area contributed by atoms with Crippen LogP contribution < -0.4 is 10.1 Å². The number of Topliss-reactive ketones (excluding diaryl/α,β-unsaturated/α-hetero) is 2. The normalized spacial score (nSPS) is 20.5. The van der Waals surface area contributed by atoms with E-state index in [-0.39, 0.29) is 39.5 Å². The Bertz CT molecular complexity index is 1270. The molecule has 0 saturated heterocycles. The molecule has 0 aromatic heterocycles. The van der Waals surface area contributed by atoms with Gasteiger partial charge in [-0.05, 0) is 39.7 Å². The third kappa shape index (κ3) is 3.31. The third-order valence-electron chi connectivity index (χ3n) is 6.41. The maximum Gasteiger partial charge on any atom is 0.194 e. The Kier molecular flexibility index (Phi) is 5.36. The van der Waals surface area contributed by atoms with Crippen LogP contribution in [0.2, 0.25) is 0 Å². The van der Waals surface area contributed by atoms with E-state index in [9.17, 15) is 24.6 Å². The molecule has 3 N–H and O–H groups in total. The number of carbonyl (C=O) groups excluding carboxylic acids is 3. The average molecular weight is 447 g/mol. The first-order valence-corrected chi connectivity index (χ1v) is 10.7. The number of ether oxygens (including phenoxy) is 1. The second-order valence-electron chi connectivity index (χ2n) is 8.55. The topological polar surface area (TPSA) is 113 Å². The van der Waals surface area contributed by atoms with Gasteiger partial charge in [-0.3, -0.25) is 14.4 Å². The van der Waals surface area contributed by atoms with Crippen LogP contribution in [0.1, 0.15) is 47.8 Å². The molecule has 4 rings (SSSR count). The lowest BCUT2D eigenvalue weighted by Gasteiger charge is -2.29. The Hall–Kier alpha value is -3.87.